The second-order valence-corrected chi connectivity index (χ2v) is 12.8. The number of esters is 4. The molecule has 0 unspecified atom stereocenters. The molecule has 2 aromatic carbocycles. The van der Waals surface area contributed by atoms with Gasteiger partial charge in [0.1, 0.15) is 23.9 Å². The number of carbonyl (C=O) groups excluding carboxylic acids is 4. The lowest BCUT2D eigenvalue weighted by Crippen LogP contribution is -2.83. The Morgan fingerprint density at radius 3 is 1.70 bits per heavy atom. The quantitative estimate of drug-likeness (QED) is 0.366. The predicted molar refractivity (Wildman–Crippen MR) is 153 cm³/mol. The van der Waals surface area contributed by atoms with E-state index in [0.717, 1.165) is 6.92 Å². The van der Waals surface area contributed by atoms with Crippen LogP contribution in [0.2, 0.25) is 0 Å². The first-order valence-electron chi connectivity index (χ1n) is 14.5. The average molecular weight is 611 g/mol. The average Bonchev–Trinajstić information content (AvgIpc) is 3.16. The summed E-state index contributed by atoms with van der Waals surface area (Å²) < 4.78 is 30.9. The van der Waals surface area contributed by atoms with E-state index in [1.54, 1.807) is 74.5 Å². The van der Waals surface area contributed by atoms with Gasteiger partial charge in [-0.15, -0.1) is 0 Å². The van der Waals surface area contributed by atoms with Crippen LogP contribution in [0.15, 0.2) is 60.7 Å². The molecule has 236 valence electrons. The highest BCUT2D eigenvalue weighted by Gasteiger charge is 2.86. The van der Waals surface area contributed by atoms with Crippen molar-refractivity contribution in [1.29, 1.82) is 0 Å². The largest absolute Gasteiger partial charge is 0.459 e. The van der Waals surface area contributed by atoms with Crippen molar-refractivity contribution in [3.05, 3.63) is 71.8 Å². The summed E-state index contributed by atoms with van der Waals surface area (Å²) in [7, 11) is 0. The number of carbonyl (C=O) groups is 4. The van der Waals surface area contributed by atoms with Gasteiger partial charge in [0.15, 0.2) is 6.10 Å². The van der Waals surface area contributed by atoms with Gasteiger partial charge in [-0.25, -0.2) is 9.59 Å². The Kier molecular flexibility index (Phi) is 7.89. The van der Waals surface area contributed by atoms with Crippen LogP contribution < -0.4 is 0 Å². The Hall–Kier alpha value is -3.80. The van der Waals surface area contributed by atoms with Crippen molar-refractivity contribution in [2.24, 2.45) is 11.3 Å². The van der Waals surface area contributed by atoms with E-state index in [0.29, 0.717) is 0 Å². The van der Waals surface area contributed by atoms with Crippen LogP contribution >= 0.6 is 0 Å². The van der Waals surface area contributed by atoms with Crippen LogP contribution in [-0.2, 0) is 33.3 Å². The lowest BCUT2D eigenvalue weighted by atomic mass is 9.46. The van der Waals surface area contributed by atoms with Gasteiger partial charge < -0.3 is 33.9 Å². The Labute approximate surface area is 255 Å². The number of fused-ring (bicyclic) bond motifs is 1. The first kappa shape index (κ1) is 31.6. The van der Waals surface area contributed by atoms with Crippen molar-refractivity contribution in [2.45, 2.75) is 95.3 Å². The van der Waals surface area contributed by atoms with E-state index in [-0.39, 0.29) is 17.5 Å². The third-order valence-corrected chi connectivity index (χ3v) is 9.43. The van der Waals surface area contributed by atoms with Crippen LogP contribution in [0, 0.1) is 11.3 Å². The molecule has 0 aromatic heterocycles. The highest BCUT2D eigenvalue weighted by molar-refractivity contribution is 5.90. The molecule has 44 heavy (non-hydrogen) atoms. The topological polar surface area (TPSA) is 155 Å². The SMILES string of the molecule is CC(=O)O[C@@H]1[C@@H](O)C[C@@](C)(O)[C@@]23OC(C)(C)[C@@H]([C@@H](OC(=O)c4ccccc4)[C@H](OC(=O)c4ccccc4)[C@@]12C)[C@H]3OC(C)=O. The van der Waals surface area contributed by atoms with Gasteiger partial charge >= 0.3 is 23.9 Å². The third kappa shape index (κ3) is 4.78. The summed E-state index contributed by atoms with van der Waals surface area (Å²) >= 11 is 0. The maximum absolute atomic E-state index is 13.7. The molecule has 2 aliphatic carbocycles. The molecule has 0 radical (unpaired) electrons. The molecule has 2 bridgehead atoms. The maximum atomic E-state index is 13.7. The standard InChI is InChI=1S/C33H38O11/c1-18(34)40-25-22(36)17-31(5,39)33-26(41-19(2)35)23(30(3,4)44-33)24(42-28(37)20-13-9-7-10-14-20)27(32(25,33)6)43-29(38)21-15-11-8-12-16-21/h7-16,22-27,36,39H,17H2,1-6H3/t22-,23-,24+,25+,26+,27-,31+,32+,33+/m0/s1. The van der Waals surface area contributed by atoms with Crippen LogP contribution in [0.4, 0.5) is 0 Å². The fraction of sp³-hybridized carbons (Fsp3) is 0.515. The molecule has 5 rings (SSSR count). The van der Waals surface area contributed by atoms with Crippen LogP contribution in [-0.4, -0.2) is 81.4 Å². The second-order valence-electron chi connectivity index (χ2n) is 12.8. The minimum atomic E-state index is -1.93. The molecule has 2 N–H and O–H groups in total. The van der Waals surface area contributed by atoms with Crippen LogP contribution in [0.1, 0.15) is 68.7 Å². The molecule has 3 aliphatic rings. The Morgan fingerprint density at radius 2 is 1.20 bits per heavy atom. The maximum Gasteiger partial charge on any atom is 0.338 e. The van der Waals surface area contributed by atoms with Gasteiger partial charge in [0.2, 0.25) is 0 Å². The molecule has 1 aliphatic heterocycles. The van der Waals surface area contributed by atoms with Gasteiger partial charge in [-0.2, -0.15) is 0 Å². The zero-order chi connectivity index (χ0) is 32.2. The Balaban J connectivity index is 1.78. The van der Waals surface area contributed by atoms with Crippen molar-refractivity contribution < 1.29 is 53.1 Å². The number of aliphatic hydroxyl groups is 2. The molecular weight excluding hydrogens is 572 g/mol. The van der Waals surface area contributed by atoms with E-state index < -0.39 is 82.5 Å². The van der Waals surface area contributed by atoms with E-state index >= 15 is 0 Å². The number of hydrogen-bond donors (Lipinski definition) is 2. The van der Waals surface area contributed by atoms with E-state index in [1.807, 2.05) is 0 Å². The summed E-state index contributed by atoms with van der Waals surface area (Å²) in [6, 6.07) is 16.3. The van der Waals surface area contributed by atoms with Gasteiger partial charge in [-0.1, -0.05) is 36.4 Å². The summed E-state index contributed by atoms with van der Waals surface area (Å²) in [6.45, 7) is 8.69. The monoisotopic (exact) mass is 610 g/mol. The molecule has 9 atom stereocenters. The van der Waals surface area contributed by atoms with Gasteiger partial charge in [0.25, 0.3) is 0 Å². The number of rotatable bonds is 6. The van der Waals surface area contributed by atoms with Crippen molar-refractivity contribution in [1.82, 2.24) is 0 Å². The zero-order valence-electron chi connectivity index (χ0n) is 25.5. The summed E-state index contributed by atoms with van der Waals surface area (Å²) in [4.78, 5) is 52.5. The molecule has 2 aromatic rings. The second kappa shape index (κ2) is 11.0. The summed E-state index contributed by atoms with van der Waals surface area (Å²) in [5.41, 5.74) is -6.59. The lowest BCUT2D eigenvalue weighted by molar-refractivity contribution is -0.351. The first-order valence-corrected chi connectivity index (χ1v) is 14.5. The van der Waals surface area contributed by atoms with Gasteiger partial charge in [0.05, 0.1) is 39.8 Å². The van der Waals surface area contributed by atoms with Gasteiger partial charge in [-0.3, -0.25) is 9.59 Å². The van der Waals surface area contributed by atoms with Crippen molar-refractivity contribution in [2.75, 3.05) is 0 Å². The number of benzene rings is 2. The van der Waals surface area contributed by atoms with Crippen LogP contribution in [0.5, 0.6) is 0 Å². The van der Waals surface area contributed by atoms with Crippen molar-refractivity contribution in [3.63, 3.8) is 0 Å². The first-order chi connectivity index (χ1) is 20.6. The van der Waals surface area contributed by atoms with E-state index in [9.17, 15) is 29.4 Å². The zero-order valence-corrected chi connectivity index (χ0v) is 25.5. The Morgan fingerprint density at radius 1 is 0.727 bits per heavy atom. The molecular formula is C33H38O11. The highest BCUT2D eigenvalue weighted by Crippen LogP contribution is 2.69. The molecule has 0 amide bonds. The molecule has 11 heteroatoms. The molecule has 1 heterocycles. The van der Waals surface area contributed by atoms with Gasteiger partial charge in [-0.05, 0) is 52.0 Å². The van der Waals surface area contributed by atoms with Crippen molar-refractivity contribution >= 4 is 23.9 Å². The molecule has 1 saturated heterocycles. The molecule has 3 fully saturated rings. The van der Waals surface area contributed by atoms with Crippen LogP contribution in [0.25, 0.3) is 0 Å². The van der Waals surface area contributed by atoms with E-state index in [1.165, 1.54) is 20.8 Å². The molecule has 2 saturated carbocycles. The molecule has 1 spiro atoms. The lowest BCUT2D eigenvalue weighted by Gasteiger charge is -2.65. The molecule has 11 nitrogen and oxygen atoms in total. The normalized spacial score (nSPS) is 36.8. The fourth-order valence-electron chi connectivity index (χ4n) is 7.88. The predicted octanol–water partition coefficient (Wildman–Crippen LogP) is 3.00. The third-order valence-electron chi connectivity index (χ3n) is 9.43. The van der Waals surface area contributed by atoms with E-state index in [4.69, 9.17) is 23.7 Å². The number of ether oxygens (including phenoxy) is 5. The summed E-state index contributed by atoms with van der Waals surface area (Å²) in [5.74, 6) is -4.01. The smallest absolute Gasteiger partial charge is 0.338 e. The van der Waals surface area contributed by atoms with Crippen LogP contribution in [0.3, 0.4) is 0 Å². The minimum Gasteiger partial charge on any atom is -0.459 e. The summed E-state index contributed by atoms with van der Waals surface area (Å²) in [6.07, 6.45) is -7.41. The number of hydrogen-bond acceptors (Lipinski definition) is 11. The van der Waals surface area contributed by atoms with Crippen molar-refractivity contribution in [3.8, 4) is 0 Å². The minimum absolute atomic E-state index is 0.181. The summed E-state index contributed by atoms with van der Waals surface area (Å²) in [5, 5.41) is 23.6. The highest BCUT2D eigenvalue weighted by atomic mass is 16.6. The Bertz CT molecular complexity index is 1440. The van der Waals surface area contributed by atoms with Gasteiger partial charge in [0, 0.05) is 20.3 Å². The fourth-order valence-corrected chi connectivity index (χ4v) is 7.88. The number of aliphatic hydroxyl groups excluding tert-OH is 1. The van der Waals surface area contributed by atoms with E-state index in [2.05, 4.69) is 0 Å².